The van der Waals surface area contributed by atoms with Crippen molar-refractivity contribution in [3.8, 4) is 17.5 Å². The minimum atomic E-state index is -1.63. The molecule has 3 aromatic rings. The first-order chi connectivity index (χ1) is 15.8. The van der Waals surface area contributed by atoms with Crippen molar-refractivity contribution in [1.29, 1.82) is 5.26 Å². The van der Waals surface area contributed by atoms with Crippen molar-refractivity contribution < 1.29 is 19.0 Å². The van der Waals surface area contributed by atoms with Crippen LogP contribution in [0.15, 0.2) is 30.7 Å². The van der Waals surface area contributed by atoms with Crippen molar-refractivity contribution in [3.63, 3.8) is 0 Å². The number of hydrogen-bond donors (Lipinski definition) is 3. The van der Waals surface area contributed by atoms with Crippen LogP contribution in [0.25, 0.3) is 17.0 Å². The van der Waals surface area contributed by atoms with Gasteiger partial charge in [0.05, 0.1) is 59.7 Å². The molecule has 4 heterocycles. The summed E-state index contributed by atoms with van der Waals surface area (Å²) in [7, 11) is 0. The van der Waals surface area contributed by atoms with E-state index in [-0.39, 0.29) is 18.2 Å². The third kappa shape index (κ3) is 4.92. The zero-order valence-electron chi connectivity index (χ0n) is 18.2. The number of nitrogens with zero attached hydrogens (tertiary/aromatic N) is 5. The summed E-state index contributed by atoms with van der Waals surface area (Å²) in [5.41, 5.74) is 1.15. The highest BCUT2D eigenvalue weighted by Gasteiger charge is 2.28. The molecule has 1 amide bonds. The average molecular weight is 453 g/mol. The van der Waals surface area contributed by atoms with Gasteiger partial charge >= 0.3 is 0 Å². The van der Waals surface area contributed by atoms with Gasteiger partial charge in [0, 0.05) is 18.9 Å². The molecule has 1 aliphatic heterocycles. The third-order valence-corrected chi connectivity index (χ3v) is 5.40. The highest BCUT2D eigenvalue weighted by molar-refractivity contribution is 6.00. The lowest BCUT2D eigenvalue weighted by Gasteiger charge is -2.23. The lowest BCUT2D eigenvalue weighted by molar-refractivity contribution is -0.00177. The van der Waals surface area contributed by atoms with E-state index in [1.165, 1.54) is 26.2 Å². The van der Waals surface area contributed by atoms with Crippen LogP contribution in [0.5, 0.6) is 0 Å². The molecule has 0 bridgehead atoms. The van der Waals surface area contributed by atoms with Gasteiger partial charge in [-0.1, -0.05) is 0 Å². The van der Waals surface area contributed by atoms with Gasteiger partial charge in [-0.15, -0.1) is 0 Å². The summed E-state index contributed by atoms with van der Waals surface area (Å²) in [5.74, 6) is -0.516. The molecule has 0 aliphatic carbocycles. The summed E-state index contributed by atoms with van der Waals surface area (Å²) in [6, 6.07) is 5.36. The van der Waals surface area contributed by atoms with E-state index in [1.54, 1.807) is 22.8 Å². The number of hydrogen-bond acceptors (Lipinski definition) is 8. The number of rotatable bonds is 7. The van der Waals surface area contributed by atoms with E-state index >= 15 is 0 Å². The molecule has 3 N–H and O–H groups in total. The fourth-order valence-corrected chi connectivity index (χ4v) is 3.40. The molecule has 172 valence electrons. The first-order valence-corrected chi connectivity index (χ1v) is 10.5. The lowest BCUT2D eigenvalue weighted by Crippen LogP contribution is -2.42. The number of halogens is 1. The standard InChI is InChI=1S/C22H24FN7O3/c1-22(2,32)19(23)11-27-21(31)15-9-25-17(6-16(15)29-14-3-4-33-12-14)18-10-26-20-5-13(7-24)8-28-30(18)20/h5-6,8-10,14,19,32H,3-4,11-12H2,1-2H3,(H,25,29)(H,27,31). The molecule has 10 nitrogen and oxygen atoms in total. The molecule has 1 saturated heterocycles. The van der Waals surface area contributed by atoms with Gasteiger partial charge in [-0.25, -0.2) is 13.9 Å². The van der Waals surface area contributed by atoms with Gasteiger partial charge in [0.15, 0.2) is 5.65 Å². The maximum atomic E-state index is 14.1. The first kappa shape index (κ1) is 22.6. The fourth-order valence-electron chi connectivity index (χ4n) is 3.40. The number of nitriles is 1. The topological polar surface area (TPSA) is 137 Å². The largest absolute Gasteiger partial charge is 0.387 e. The van der Waals surface area contributed by atoms with Gasteiger partial charge in [0.25, 0.3) is 5.91 Å². The van der Waals surface area contributed by atoms with Crippen LogP contribution >= 0.6 is 0 Å². The second-order valence-electron chi connectivity index (χ2n) is 8.42. The molecule has 2 atom stereocenters. The molecule has 11 heteroatoms. The number of fused-ring (bicyclic) bond motifs is 1. The molecule has 0 saturated carbocycles. The molecule has 2 unspecified atom stereocenters. The number of imidazole rings is 1. The Bertz CT molecular complexity index is 1210. The SMILES string of the molecule is CC(C)(O)C(F)CNC(=O)c1cnc(-c2cnc3cc(C#N)cnn23)cc1NC1CCOC1. The zero-order valence-corrected chi connectivity index (χ0v) is 18.2. The summed E-state index contributed by atoms with van der Waals surface area (Å²) in [6.45, 7) is 3.46. The van der Waals surface area contributed by atoms with E-state index in [4.69, 9.17) is 10.00 Å². The minimum absolute atomic E-state index is 0.00981. The van der Waals surface area contributed by atoms with E-state index in [0.29, 0.717) is 41.5 Å². The summed E-state index contributed by atoms with van der Waals surface area (Å²) < 4.78 is 21.1. The number of aromatic nitrogens is 4. The van der Waals surface area contributed by atoms with E-state index < -0.39 is 17.7 Å². The Labute approximate surface area is 189 Å². The number of carbonyl (C=O) groups excluding carboxylic acids is 1. The lowest BCUT2D eigenvalue weighted by atomic mass is 10.0. The van der Waals surface area contributed by atoms with Crippen molar-refractivity contribution in [1.82, 2.24) is 24.9 Å². The molecule has 4 rings (SSSR count). The smallest absolute Gasteiger partial charge is 0.255 e. The maximum absolute atomic E-state index is 14.1. The molecule has 33 heavy (non-hydrogen) atoms. The first-order valence-electron chi connectivity index (χ1n) is 10.5. The van der Waals surface area contributed by atoms with E-state index in [0.717, 1.165) is 6.42 Å². The number of ether oxygens (including phenoxy) is 1. The van der Waals surface area contributed by atoms with Crippen LogP contribution < -0.4 is 10.6 Å². The number of nitrogens with one attached hydrogen (secondary N) is 2. The van der Waals surface area contributed by atoms with Crippen LogP contribution in [0.2, 0.25) is 0 Å². The highest BCUT2D eigenvalue weighted by atomic mass is 19.1. The fraction of sp³-hybridized carbons (Fsp3) is 0.409. The predicted molar refractivity (Wildman–Crippen MR) is 117 cm³/mol. The van der Waals surface area contributed by atoms with E-state index in [2.05, 4.69) is 25.7 Å². The third-order valence-electron chi connectivity index (χ3n) is 5.40. The number of amides is 1. The molecule has 0 aromatic carbocycles. The van der Waals surface area contributed by atoms with Gasteiger partial charge in [0.1, 0.15) is 17.9 Å². The summed E-state index contributed by atoms with van der Waals surface area (Å²) in [4.78, 5) is 21.5. The van der Waals surface area contributed by atoms with Gasteiger partial charge < -0.3 is 20.5 Å². The molecular formula is C22H24FN7O3. The second kappa shape index (κ2) is 9.09. The van der Waals surface area contributed by atoms with Crippen LogP contribution in [0, 0.1) is 11.3 Å². The number of alkyl halides is 1. The molecule has 1 fully saturated rings. The molecule has 0 radical (unpaired) electrons. The molecule has 0 spiro atoms. The summed E-state index contributed by atoms with van der Waals surface area (Å²) in [6.07, 6.45) is 3.58. The predicted octanol–water partition coefficient (Wildman–Crippen LogP) is 1.70. The molecular weight excluding hydrogens is 429 g/mol. The zero-order chi connectivity index (χ0) is 23.6. The van der Waals surface area contributed by atoms with Crippen LogP contribution in [0.3, 0.4) is 0 Å². The average Bonchev–Trinajstić information content (AvgIpc) is 3.45. The number of aliphatic hydroxyl groups is 1. The van der Waals surface area contributed by atoms with Crippen molar-refractivity contribution >= 4 is 17.2 Å². The number of anilines is 1. The van der Waals surface area contributed by atoms with Crippen LogP contribution in [-0.2, 0) is 4.74 Å². The van der Waals surface area contributed by atoms with Crippen molar-refractivity contribution in [2.45, 2.75) is 38.1 Å². The van der Waals surface area contributed by atoms with Gasteiger partial charge in [0.2, 0.25) is 0 Å². The number of carbonyl (C=O) groups is 1. The maximum Gasteiger partial charge on any atom is 0.255 e. The Kier molecular flexibility index (Phi) is 6.22. The van der Waals surface area contributed by atoms with Gasteiger partial charge in [-0.3, -0.25) is 9.78 Å². The van der Waals surface area contributed by atoms with Gasteiger partial charge in [-0.05, 0) is 26.3 Å². The van der Waals surface area contributed by atoms with Crippen molar-refractivity contribution in [3.05, 3.63) is 41.9 Å². The van der Waals surface area contributed by atoms with Gasteiger partial charge in [-0.2, -0.15) is 10.4 Å². The Morgan fingerprint density at radius 1 is 1.39 bits per heavy atom. The van der Waals surface area contributed by atoms with Crippen molar-refractivity contribution in [2.24, 2.45) is 0 Å². The second-order valence-corrected chi connectivity index (χ2v) is 8.42. The van der Waals surface area contributed by atoms with E-state index in [1.807, 2.05) is 6.07 Å². The Balaban J connectivity index is 1.65. The molecule has 3 aromatic heterocycles. The summed E-state index contributed by atoms with van der Waals surface area (Å²) in [5, 5.41) is 28.9. The Morgan fingerprint density at radius 3 is 2.91 bits per heavy atom. The van der Waals surface area contributed by atoms with E-state index in [9.17, 15) is 14.3 Å². The summed E-state index contributed by atoms with van der Waals surface area (Å²) >= 11 is 0. The molecule has 1 aliphatic rings. The van der Waals surface area contributed by atoms with Crippen LogP contribution in [0.4, 0.5) is 10.1 Å². The monoisotopic (exact) mass is 453 g/mol. The Morgan fingerprint density at radius 2 is 2.21 bits per heavy atom. The minimum Gasteiger partial charge on any atom is -0.387 e. The Hall–Kier alpha value is -3.62. The number of pyridine rings is 1. The normalized spacial score (nSPS) is 17.0. The highest BCUT2D eigenvalue weighted by Crippen LogP contribution is 2.26. The van der Waals surface area contributed by atoms with Crippen LogP contribution in [0.1, 0.15) is 36.2 Å². The quantitative estimate of drug-likeness (QED) is 0.492. The van der Waals surface area contributed by atoms with Crippen molar-refractivity contribution in [2.75, 3.05) is 25.1 Å². The van der Waals surface area contributed by atoms with Crippen LogP contribution in [-0.4, -0.2) is 68.2 Å².